The van der Waals surface area contributed by atoms with Gasteiger partial charge in [0.05, 0.1) is 18.1 Å². The number of aryl methyl sites for hydroxylation is 1. The van der Waals surface area contributed by atoms with Gasteiger partial charge in [-0.05, 0) is 52.0 Å². The van der Waals surface area contributed by atoms with E-state index in [9.17, 15) is 14.3 Å². The monoisotopic (exact) mass is 467 g/mol. The smallest absolute Gasteiger partial charge is 0.251 e. The average Bonchev–Trinajstić information content (AvgIpc) is 3.22. The van der Waals surface area contributed by atoms with Gasteiger partial charge in [0.1, 0.15) is 17.6 Å². The molecule has 1 fully saturated rings. The number of aliphatic hydroxyl groups excluding tert-OH is 1. The van der Waals surface area contributed by atoms with Gasteiger partial charge < -0.3 is 24.8 Å². The van der Waals surface area contributed by atoms with Crippen molar-refractivity contribution >= 4 is 23.2 Å². The highest BCUT2D eigenvalue weighted by molar-refractivity contribution is 5.80. The first-order valence-electron chi connectivity index (χ1n) is 11.4. The topological polar surface area (TPSA) is 99.4 Å². The number of aromatic nitrogens is 4. The number of rotatable bonds is 6. The van der Waals surface area contributed by atoms with Crippen LogP contribution in [0.2, 0.25) is 0 Å². The Morgan fingerprint density at radius 3 is 2.35 bits per heavy atom. The molecule has 34 heavy (non-hydrogen) atoms. The Labute approximate surface area is 198 Å². The summed E-state index contributed by atoms with van der Waals surface area (Å²) in [6.45, 7) is 9.94. The molecule has 3 heterocycles. The van der Waals surface area contributed by atoms with Crippen molar-refractivity contribution in [1.29, 1.82) is 0 Å². The summed E-state index contributed by atoms with van der Waals surface area (Å²) < 4.78 is 16.5. The average molecular weight is 468 g/mol. The summed E-state index contributed by atoms with van der Waals surface area (Å²) in [6, 6.07) is 7.91. The van der Waals surface area contributed by atoms with Crippen LogP contribution < -0.4 is 10.2 Å². The summed E-state index contributed by atoms with van der Waals surface area (Å²) >= 11 is 0. The molecular formula is C24H30FN7O2. The fraction of sp³-hybridized carbons (Fsp3) is 0.417. The van der Waals surface area contributed by atoms with Crippen molar-refractivity contribution < 1.29 is 14.3 Å². The minimum atomic E-state index is -0.971. The molecule has 9 nitrogen and oxygen atoms in total. The number of nitrogens with zero attached hydrogens (tertiary/aromatic N) is 6. The molecule has 3 aromatic rings. The molecule has 0 radical (unpaired) electrons. The lowest BCUT2D eigenvalue weighted by atomic mass is 10.2. The fourth-order valence-corrected chi connectivity index (χ4v) is 4.22. The van der Waals surface area contributed by atoms with Crippen molar-refractivity contribution in [2.75, 3.05) is 36.4 Å². The first-order valence-corrected chi connectivity index (χ1v) is 11.4. The molecule has 0 saturated carbocycles. The van der Waals surface area contributed by atoms with Gasteiger partial charge in [-0.2, -0.15) is 0 Å². The summed E-state index contributed by atoms with van der Waals surface area (Å²) in [6.07, 6.45) is 1.83. The van der Waals surface area contributed by atoms with E-state index in [2.05, 4.69) is 25.2 Å². The summed E-state index contributed by atoms with van der Waals surface area (Å²) in [5.41, 5.74) is 2.62. The second kappa shape index (κ2) is 9.76. The van der Waals surface area contributed by atoms with E-state index in [-0.39, 0.29) is 17.6 Å². The number of carbonyl (C=O) groups is 1. The Balaban J connectivity index is 1.46. The lowest BCUT2D eigenvalue weighted by Gasteiger charge is -2.36. The summed E-state index contributed by atoms with van der Waals surface area (Å²) in [5.74, 6) is 0.355. The van der Waals surface area contributed by atoms with E-state index in [1.807, 2.05) is 49.6 Å². The van der Waals surface area contributed by atoms with Crippen molar-refractivity contribution in [1.82, 2.24) is 24.4 Å². The number of benzene rings is 1. The zero-order valence-electron chi connectivity index (χ0n) is 19.9. The summed E-state index contributed by atoms with van der Waals surface area (Å²) in [4.78, 5) is 28.7. The Kier molecular flexibility index (Phi) is 6.78. The Morgan fingerprint density at radius 1 is 1.06 bits per heavy atom. The highest BCUT2D eigenvalue weighted by Crippen LogP contribution is 2.27. The molecule has 0 bridgehead atoms. The van der Waals surface area contributed by atoms with Crippen LogP contribution in [0.25, 0.3) is 11.4 Å². The van der Waals surface area contributed by atoms with Crippen LogP contribution in [0.3, 0.4) is 0 Å². The largest absolute Gasteiger partial charge is 0.384 e. The van der Waals surface area contributed by atoms with Gasteiger partial charge in [0.25, 0.3) is 5.91 Å². The zero-order chi connectivity index (χ0) is 24.4. The van der Waals surface area contributed by atoms with Crippen molar-refractivity contribution in [2.24, 2.45) is 0 Å². The maximum absolute atomic E-state index is 14.6. The molecular weight excluding hydrogens is 437 g/mol. The van der Waals surface area contributed by atoms with E-state index in [0.29, 0.717) is 37.8 Å². The maximum Gasteiger partial charge on any atom is 0.251 e. The lowest BCUT2D eigenvalue weighted by molar-refractivity contribution is -0.139. The number of halogens is 1. The van der Waals surface area contributed by atoms with E-state index < -0.39 is 11.9 Å². The van der Waals surface area contributed by atoms with Crippen LogP contribution in [0, 0.1) is 12.7 Å². The molecule has 180 valence electrons. The van der Waals surface area contributed by atoms with Gasteiger partial charge in [0.15, 0.2) is 5.82 Å². The summed E-state index contributed by atoms with van der Waals surface area (Å²) in [5, 5.41) is 12.6. The van der Waals surface area contributed by atoms with Gasteiger partial charge in [0.2, 0.25) is 5.95 Å². The third-order valence-electron chi connectivity index (χ3n) is 5.92. The molecule has 10 heteroatoms. The molecule has 1 aliphatic rings. The first kappa shape index (κ1) is 23.6. The standard InChI is InChI=1S/C24H30FN7O2/c1-15(2)32-17(4)26-14-21(32)22-20(25)13-27-24(29-22)28-18-5-7-19(8-6-18)30-9-11-31(12-10-30)23(34)16(3)33/h5-8,13-16,33H,9-12H2,1-4H3,(H,27,28,29)/t16-/m1/s1. The molecule has 1 atom stereocenters. The highest BCUT2D eigenvalue weighted by atomic mass is 19.1. The third kappa shape index (κ3) is 4.86. The van der Waals surface area contributed by atoms with Crippen LogP contribution in [0.15, 0.2) is 36.7 Å². The van der Waals surface area contributed by atoms with Crippen LogP contribution in [-0.4, -0.2) is 67.7 Å². The van der Waals surface area contributed by atoms with Gasteiger partial charge in [-0.15, -0.1) is 0 Å². The lowest BCUT2D eigenvalue weighted by Crippen LogP contribution is -2.51. The van der Waals surface area contributed by atoms with E-state index >= 15 is 0 Å². The number of piperazine rings is 1. The molecule has 1 aromatic carbocycles. The number of nitrogens with one attached hydrogen (secondary N) is 1. The maximum atomic E-state index is 14.6. The number of hydrogen-bond acceptors (Lipinski definition) is 7. The predicted molar refractivity (Wildman–Crippen MR) is 129 cm³/mol. The number of amides is 1. The van der Waals surface area contributed by atoms with Crippen molar-refractivity contribution in [3.05, 3.63) is 48.3 Å². The SMILES string of the molecule is Cc1ncc(-c2nc(Nc3ccc(N4CCN(C(=O)[C@@H](C)O)CC4)cc3)ncc2F)n1C(C)C. The molecule has 1 saturated heterocycles. The van der Waals surface area contributed by atoms with Gasteiger partial charge >= 0.3 is 0 Å². The van der Waals surface area contributed by atoms with Gasteiger partial charge in [-0.25, -0.2) is 19.3 Å². The van der Waals surface area contributed by atoms with Gasteiger partial charge in [0, 0.05) is 43.6 Å². The Bertz CT molecular complexity index is 1150. The van der Waals surface area contributed by atoms with Crippen molar-refractivity contribution in [2.45, 2.75) is 39.8 Å². The number of imidazole rings is 1. The molecule has 4 rings (SSSR count). The van der Waals surface area contributed by atoms with Crippen molar-refractivity contribution in [3.8, 4) is 11.4 Å². The van der Waals surface area contributed by atoms with E-state index in [1.54, 1.807) is 11.1 Å². The highest BCUT2D eigenvalue weighted by Gasteiger charge is 2.24. The third-order valence-corrected chi connectivity index (χ3v) is 5.92. The first-order chi connectivity index (χ1) is 16.2. The van der Waals surface area contributed by atoms with E-state index in [1.165, 1.54) is 13.1 Å². The van der Waals surface area contributed by atoms with Gasteiger partial charge in [-0.3, -0.25) is 4.79 Å². The van der Waals surface area contributed by atoms with Crippen molar-refractivity contribution in [3.63, 3.8) is 0 Å². The van der Waals surface area contributed by atoms with Crippen LogP contribution >= 0.6 is 0 Å². The van der Waals surface area contributed by atoms with Crippen LogP contribution in [0.1, 0.15) is 32.6 Å². The van der Waals surface area contributed by atoms with E-state index in [0.717, 1.165) is 17.2 Å². The minimum absolute atomic E-state index is 0.114. The number of carbonyl (C=O) groups excluding carboxylic acids is 1. The molecule has 0 spiro atoms. The van der Waals surface area contributed by atoms with E-state index in [4.69, 9.17) is 0 Å². The zero-order valence-corrected chi connectivity index (χ0v) is 19.9. The summed E-state index contributed by atoms with van der Waals surface area (Å²) in [7, 11) is 0. The number of aliphatic hydroxyl groups is 1. The normalized spacial score (nSPS) is 15.0. The molecule has 2 N–H and O–H groups in total. The van der Waals surface area contributed by atoms with Crippen LogP contribution in [-0.2, 0) is 4.79 Å². The quantitative estimate of drug-likeness (QED) is 0.575. The molecule has 0 unspecified atom stereocenters. The molecule has 2 aromatic heterocycles. The molecule has 0 aliphatic carbocycles. The minimum Gasteiger partial charge on any atom is -0.384 e. The van der Waals surface area contributed by atoms with Crippen LogP contribution in [0.4, 0.5) is 21.7 Å². The molecule has 1 aliphatic heterocycles. The second-order valence-corrected chi connectivity index (χ2v) is 8.70. The Hall–Kier alpha value is -3.53. The fourth-order valence-electron chi connectivity index (χ4n) is 4.22. The number of hydrogen-bond donors (Lipinski definition) is 2. The Morgan fingerprint density at radius 2 is 1.74 bits per heavy atom. The second-order valence-electron chi connectivity index (χ2n) is 8.70. The predicted octanol–water partition coefficient (Wildman–Crippen LogP) is 3.14. The number of anilines is 3. The van der Waals surface area contributed by atoms with Crippen LogP contribution in [0.5, 0.6) is 0 Å². The van der Waals surface area contributed by atoms with Gasteiger partial charge in [-0.1, -0.05) is 0 Å². The molecule has 1 amide bonds.